The zero-order valence-corrected chi connectivity index (χ0v) is 17.1. The molecule has 4 aromatic rings. The number of nitrogens with one attached hydrogen (secondary N) is 2. The number of halogens is 1. The molecule has 0 radical (unpaired) electrons. The summed E-state index contributed by atoms with van der Waals surface area (Å²) in [6.07, 6.45) is 0.483. The zero-order valence-electron chi connectivity index (χ0n) is 16.4. The molecule has 2 aromatic carbocycles. The van der Waals surface area contributed by atoms with Crippen molar-refractivity contribution < 1.29 is 0 Å². The van der Waals surface area contributed by atoms with Crippen LogP contribution in [0.25, 0.3) is 10.9 Å². The van der Waals surface area contributed by atoms with Crippen LogP contribution in [0.5, 0.6) is 0 Å². The van der Waals surface area contributed by atoms with Crippen LogP contribution in [-0.2, 0) is 6.42 Å². The van der Waals surface area contributed by atoms with Gasteiger partial charge in [0.05, 0.1) is 16.9 Å². The molecule has 6 nitrogen and oxygen atoms in total. The minimum atomic E-state index is -0.192. The summed E-state index contributed by atoms with van der Waals surface area (Å²) in [5, 5.41) is 4.70. The van der Waals surface area contributed by atoms with Gasteiger partial charge in [0.25, 0.3) is 5.56 Å². The predicted octanol–water partition coefficient (Wildman–Crippen LogP) is 4.63. The van der Waals surface area contributed by atoms with E-state index in [1.807, 2.05) is 57.2 Å². The number of nitrogens with zero attached hydrogens (tertiary/aromatic N) is 3. The normalized spacial score (nSPS) is 11.0. The van der Waals surface area contributed by atoms with Gasteiger partial charge >= 0.3 is 0 Å². The van der Waals surface area contributed by atoms with Crippen LogP contribution in [0.3, 0.4) is 0 Å². The summed E-state index contributed by atoms with van der Waals surface area (Å²) in [6.45, 7) is 5.79. The lowest BCUT2D eigenvalue weighted by Gasteiger charge is -2.10. The number of aryl methyl sites for hydroxylation is 3. The van der Waals surface area contributed by atoms with Gasteiger partial charge in [-0.25, -0.2) is 15.0 Å². The Morgan fingerprint density at radius 2 is 1.72 bits per heavy atom. The van der Waals surface area contributed by atoms with Crippen molar-refractivity contribution >= 4 is 34.4 Å². The molecule has 0 aliphatic heterocycles. The van der Waals surface area contributed by atoms with Gasteiger partial charge in [-0.3, -0.25) is 15.1 Å². The number of fused-ring (bicyclic) bond motifs is 1. The van der Waals surface area contributed by atoms with Crippen LogP contribution in [0.4, 0.5) is 11.9 Å². The van der Waals surface area contributed by atoms with E-state index in [4.69, 9.17) is 11.6 Å². The topological polar surface area (TPSA) is 83.6 Å². The quantitative estimate of drug-likeness (QED) is 0.517. The number of aromatic nitrogens is 4. The van der Waals surface area contributed by atoms with Gasteiger partial charge in [0.1, 0.15) is 0 Å². The Hall–Kier alpha value is -3.25. The van der Waals surface area contributed by atoms with Crippen LogP contribution in [0.2, 0.25) is 5.02 Å². The molecule has 0 bridgehead atoms. The van der Waals surface area contributed by atoms with Gasteiger partial charge in [-0.2, -0.15) is 0 Å². The third-order valence-corrected chi connectivity index (χ3v) is 5.04. The van der Waals surface area contributed by atoms with E-state index < -0.39 is 0 Å². The van der Waals surface area contributed by atoms with Crippen LogP contribution in [0, 0.1) is 20.8 Å². The summed E-state index contributed by atoms with van der Waals surface area (Å²) >= 11 is 5.93. The van der Waals surface area contributed by atoms with Gasteiger partial charge in [-0.1, -0.05) is 35.4 Å². The van der Waals surface area contributed by atoms with Crippen molar-refractivity contribution in [3.05, 3.63) is 85.9 Å². The van der Waals surface area contributed by atoms with E-state index in [0.717, 1.165) is 27.7 Å². The van der Waals surface area contributed by atoms with Gasteiger partial charge < -0.3 is 0 Å². The van der Waals surface area contributed by atoms with Crippen LogP contribution < -0.4 is 10.9 Å². The molecular weight excluding hydrogens is 386 g/mol. The molecule has 146 valence electrons. The van der Waals surface area contributed by atoms with Crippen LogP contribution >= 0.6 is 11.6 Å². The summed E-state index contributed by atoms with van der Waals surface area (Å²) in [5.41, 5.74) is 4.92. The minimum absolute atomic E-state index is 0.192. The molecule has 0 saturated heterocycles. The monoisotopic (exact) mass is 405 g/mol. The fourth-order valence-corrected chi connectivity index (χ4v) is 3.37. The Morgan fingerprint density at radius 3 is 2.45 bits per heavy atom. The van der Waals surface area contributed by atoms with Crippen molar-refractivity contribution in [2.45, 2.75) is 27.2 Å². The lowest BCUT2D eigenvalue weighted by Crippen LogP contribution is -2.19. The van der Waals surface area contributed by atoms with Crippen molar-refractivity contribution in [2.75, 3.05) is 5.32 Å². The fraction of sp³-hybridized carbons (Fsp3) is 0.182. The maximum absolute atomic E-state index is 12.6. The van der Waals surface area contributed by atoms with Gasteiger partial charge in [0.2, 0.25) is 11.9 Å². The third kappa shape index (κ3) is 4.12. The highest BCUT2D eigenvalue weighted by Crippen LogP contribution is 2.20. The standard InChI is InChI=1S/C22H20ClN5O/c1-12-4-9-19-17(10-12)13(2)24-21(26-19)28-22-25-14(3)18(20(29)27-22)11-15-5-7-16(23)8-6-15/h4-10H,11H2,1-3H3,(H2,24,25,26,27,28,29). The van der Waals surface area contributed by atoms with E-state index in [1.165, 1.54) is 0 Å². The van der Waals surface area contributed by atoms with E-state index in [2.05, 4.69) is 31.3 Å². The first-order valence-electron chi connectivity index (χ1n) is 9.25. The first kappa shape index (κ1) is 19.1. The summed E-state index contributed by atoms with van der Waals surface area (Å²) in [5.74, 6) is 0.713. The summed E-state index contributed by atoms with van der Waals surface area (Å²) < 4.78 is 0. The second-order valence-corrected chi connectivity index (χ2v) is 7.50. The lowest BCUT2D eigenvalue weighted by atomic mass is 10.1. The Balaban J connectivity index is 1.63. The highest BCUT2D eigenvalue weighted by atomic mass is 35.5. The Morgan fingerprint density at radius 1 is 0.966 bits per heavy atom. The van der Waals surface area contributed by atoms with E-state index in [1.54, 1.807) is 0 Å². The average molecular weight is 406 g/mol. The number of hydrogen-bond acceptors (Lipinski definition) is 5. The molecule has 0 unspecified atom stereocenters. The Bertz CT molecular complexity index is 1260. The number of hydrogen-bond donors (Lipinski definition) is 2. The molecular formula is C22H20ClN5O. The van der Waals surface area contributed by atoms with Gasteiger partial charge in [-0.15, -0.1) is 0 Å². The van der Waals surface area contributed by atoms with Crippen molar-refractivity contribution in [3.8, 4) is 0 Å². The van der Waals surface area contributed by atoms with E-state index in [9.17, 15) is 4.79 Å². The second-order valence-electron chi connectivity index (χ2n) is 7.06. The SMILES string of the molecule is Cc1ccc2nc(Nc3nc(C)c(Cc4ccc(Cl)cc4)c(=O)[nH]3)nc(C)c2c1. The maximum Gasteiger partial charge on any atom is 0.256 e. The number of H-pyrrole nitrogens is 1. The molecule has 2 heterocycles. The van der Waals surface area contributed by atoms with Crippen molar-refractivity contribution in [3.63, 3.8) is 0 Å². The number of rotatable bonds is 4. The second kappa shape index (κ2) is 7.64. The zero-order chi connectivity index (χ0) is 20.5. The lowest BCUT2D eigenvalue weighted by molar-refractivity contribution is 0.978. The molecule has 4 rings (SSSR count). The molecule has 0 saturated carbocycles. The number of anilines is 2. The number of aromatic amines is 1. The molecule has 2 N–H and O–H groups in total. The first-order valence-corrected chi connectivity index (χ1v) is 9.63. The molecule has 2 aromatic heterocycles. The maximum atomic E-state index is 12.6. The van der Waals surface area contributed by atoms with Gasteiger partial charge in [0, 0.05) is 22.4 Å². The fourth-order valence-electron chi connectivity index (χ4n) is 3.24. The largest absolute Gasteiger partial charge is 0.294 e. The predicted molar refractivity (Wildman–Crippen MR) is 116 cm³/mol. The molecule has 29 heavy (non-hydrogen) atoms. The summed E-state index contributed by atoms with van der Waals surface area (Å²) in [7, 11) is 0. The van der Waals surface area contributed by atoms with Crippen LogP contribution in [0.1, 0.15) is 28.1 Å². The molecule has 0 fully saturated rings. The third-order valence-electron chi connectivity index (χ3n) is 4.79. The minimum Gasteiger partial charge on any atom is -0.294 e. The van der Waals surface area contributed by atoms with Crippen molar-refractivity contribution in [1.82, 2.24) is 19.9 Å². The molecule has 0 atom stereocenters. The van der Waals surface area contributed by atoms with Crippen LogP contribution in [-0.4, -0.2) is 19.9 Å². The van der Waals surface area contributed by atoms with Crippen LogP contribution in [0.15, 0.2) is 47.3 Å². The van der Waals surface area contributed by atoms with Gasteiger partial charge in [0.15, 0.2) is 0 Å². The molecule has 0 amide bonds. The highest BCUT2D eigenvalue weighted by Gasteiger charge is 2.11. The van der Waals surface area contributed by atoms with Crippen molar-refractivity contribution in [2.24, 2.45) is 0 Å². The van der Waals surface area contributed by atoms with E-state index in [0.29, 0.717) is 34.6 Å². The summed E-state index contributed by atoms with van der Waals surface area (Å²) in [6, 6.07) is 13.5. The Labute approximate surface area is 173 Å². The van der Waals surface area contributed by atoms with E-state index >= 15 is 0 Å². The average Bonchev–Trinajstić information content (AvgIpc) is 2.67. The number of benzene rings is 2. The Kier molecular flexibility index (Phi) is 5.03. The highest BCUT2D eigenvalue weighted by molar-refractivity contribution is 6.30. The summed E-state index contributed by atoms with van der Waals surface area (Å²) in [4.78, 5) is 29.0. The smallest absolute Gasteiger partial charge is 0.256 e. The molecule has 0 aliphatic carbocycles. The van der Waals surface area contributed by atoms with E-state index in [-0.39, 0.29) is 5.56 Å². The van der Waals surface area contributed by atoms with Gasteiger partial charge in [-0.05, 0) is 50.6 Å². The van der Waals surface area contributed by atoms with Crippen molar-refractivity contribution in [1.29, 1.82) is 0 Å². The first-order chi connectivity index (χ1) is 13.9. The molecule has 0 spiro atoms. The molecule has 0 aliphatic rings. The molecule has 7 heteroatoms.